The minimum Gasteiger partial charge on any atom is -0.392 e. The molecule has 0 bridgehead atoms. The zero-order chi connectivity index (χ0) is 15.1. The zero-order valence-corrected chi connectivity index (χ0v) is 12.2. The molecule has 7 heteroatoms. The number of hydrogen-bond donors (Lipinski definition) is 1. The lowest BCUT2D eigenvalue weighted by atomic mass is 9.91. The first kappa shape index (κ1) is 14.9. The molecule has 116 valence electrons. The van der Waals surface area contributed by atoms with Crippen LogP contribution < -0.4 is 0 Å². The molecule has 1 aliphatic heterocycles. The number of aliphatic hydroxyl groups is 1. The van der Waals surface area contributed by atoms with E-state index in [1.165, 1.54) is 12.1 Å². The summed E-state index contributed by atoms with van der Waals surface area (Å²) in [5.74, 6) is -1.41. The third-order valence-corrected chi connectivity index (χ3v) is 6.32. The van der Waals surface area contributed by atoms with Gasteiger partial charge in [-0.25, -0.2) is 12.8 Å². The number of ether oxygens (including phenoxy) is 2. The molecular formula is C14H17FO5S. The van der Waals surface area contributed by atoms with Crippen molar-refractivity contribution in [2.24, 2.45) is 0 Å². The Balaban J connectivity index is 1.91. The summed E-state index contributed by atoms with van der Waals surface area (Å²) in [5.41, 5.74) is 0. The highest BCUT2D eigenvalue weighted by Crippen LogP contribution is 2.40. The molecular weight excluding hydrogens is 299 g/mol. The molecule has 2 aliphatic rings. The Kier molecular flexibility index (Phi) is 3.77. The SMILES string of the molecule is O=S(=O)(c1ccc(F)cc1)C1CC2(CCC1O)OCCO2. The van der Waals surface area contributed by atoms with Gasteiger partial charge >= 0.3 is 0 Å². The summed E-state index contributed by atoms with van der Waals surface area (Å²) in [6.45, 7) is 0.860. The fourth-order valence-corrected chi connectivity index (χ4v) is 4.86. The molecule has 1 N–H and O–H groups in total. The number of hydrogen-bond acceptors (Lipinski definition) is 5. The van der Waals surface area contributed by atoms with E-state index in [2.05, 4.69) is 0 Å². The van der Waals surface area contributed by atoms with Crippen molar-refractivity contribution in [3.05, 3.63) is 30.1 Å². The molecule has 21 heavy (non-hydrogen) atoms. The van der Waals surface area contributed by atoms with Gasteiger partial charge in [0.15, 0.2) is 15.6 Å². The van der Waals surface area contributed by atoms with Gasteiger partial charge < -0.3 is 14.6 Å². The van der Waals surface area contributed by atoms with Gasteiger partial charge in [0.25, 0.3) is 0 Å². The molecule has 0 amide bonds. The molecule has 2 atom stereocenters. The van der Waals surface area contributed by atoms with E-state index in [0.29, 0.717) is 26.1 Å². The predicted octanol–water partition coefficient (Wildman–Crippen LogP) is 1.26. The quantitative estimate of drug-likeness (QED) is 0.832. The number of benzene rings is 1. The smallest absolute Gasteiger partial charge is 0.183 e. The summed E-state index contributed by atoms with van der Waals surface area (Å²) >= 11 is 0. The van der Waals surface area contributed by atoms with Crippen molar-refractivity contribution in [2.45, 2.75) is 41.3 Å². The van der Waals surface area contributed by atoms with Crippen LogP contribution in [0.2, 0.25) is 0 Å². The summed E-state index contributed by atoms with van der Waals surface area (Å²) in [6.07, 6.45) is -0.110. The van der Waals surface area contributed by atoms with Crippen LogP contribution in [0.1, 0.15) is 19.3 Å². The molecule has 1 saturated heterocycles. The average molecular weight is 316 g/mol. The monoisotopic (exact) mass is 316 g/mol. The summed E-state index contributed by atoms with van der Waals surface area (Å²) in [7, 11) is -3.77. The lowest BCUT2D eigenvalue weighted by Crippen LogP contribution is -2.48. The van der Waals surface area contributed by atoms with Crippen molar-refractivity contribution < 1.29 is 27.4 Å². The van der Waals surface area contributed by atoms with Gasteiger partial charge in [0, 0.05) is 12.8 Å². The van der Waals surface area contributed by atoms with Crippen molar-refractivity contribution in [3.8, 4) is 0 Å². The van der Waals surface area contributed by atoms with Crippen LogP contribution >= 0.6 is 0 Å². The highest BCUT2D eigenvalue weighted by molar-refractivity contribution is 7.92. The maximum Gasteiger partial charge on any atom is 0.183 e. The summed E-state index contributed by atoms with van der Waals surface area (Å²) < 4.78 is 49.4. The fourth-order valence-electron chi connectivity index (χ4n) is 2.97. The third kappa shape index (κ3) is 2.70. The molecule has 1 saturated carbocycles. The van der Waals surface area contributed by atoms with Crippen LogP contribution in [0.3, 0.4) is 0 Å². The van der Waals surface area contributed by atoms with E-state index >= 15 is 0 Å². The number of sulfone groups is 1. The average Bonchev–Trinajstić information content (AvgIpc) is 2.91. The first-order chi connectivity index (χ1) is 9.93. The van der Waals surface area contributed by atoms with Gasteiger partial charge in [0.2, 0.25) is 0 Å². The van der Waals surface area contributed by atoms with Crippen LogP contribution in [-0.2, 0) is 19.3 Å². The van der Waals surface area contributed by atoms with E-state index in [1.54, 1.807) is 0 Å². The predicted molar refractivity (Wildman–Crippen MR) is 71.9 cm³/mol. The number of rotatable bonds is 2. The molecule has 2 fully saturated rings. The second-order valence-corrected chi connectivity index (χ2v) is 7.62. The van der Waals surface area contributed by atoms with Crippen LogP contribution in [0.4, 0.5) is 4.39 Å². The Hall–Kier alpha value is -1.02. The largest absolute Gasteiger partial charge is 0.392 e. The molecule has 1 aliphatic carbocycles. The first-order valence-electron chi connectivity index (χ1n) is 6.88. The van der Waals surface area contributed by atoms with Gasteiger partial charge in [-0.15, -0.1) is 0 Å². The molecule has 0 radical (unpaired) electrons. The van der Waals surface area contributed by atoms with Crippen LogP contribution in [0.5, 0.6) is 0 Å². The fraction of sp³-hybridized carbons (Fsp3) is 0.571. The van der Waals surface area contributed by atoms with E-state index in [-0.39, 0.29) is 11.3 Å². The van der Waals surface area contributed by atoms with Gasteiger partial charge in [-0.1, -0.05) is 0 Å². The third-order valence-electron chi connectivity index (χ3n) is 4.12. The highest BCUT2D eigenvalue weighted by Gasteiger charge is 2.49. The Morgan fingerprint density at radius 2 is 1.81 bits per heavy atom. The van der Waals surface area contributed by atoms with E-state index in [0.717, 1.165) is 12.1 Å². The zero-order valence-electron chi connectivity index (χ0n) is 11.4. The Labute approximate surface area is 122 Å². The van der Waals surface area contributed by atoms with E-state index in [4.69, 9.17) is 9.47 Å². The van der Waals surface area contributed by atoms with Crippen molar-refractivity contribution in [1.29, 1.82) is 0 Å². The van der Waals surface area contributed by atoms with Gasteiger partial charge in [-0.05, 0) is 30.7 Å². The van der Waals surface area contributed by atoms with Crippen molar-refractivity contribution in [3.63, 3.8) is 0 Å². The normalized spacial score (nSPS) is 28.9. The Morgan fingerprint density at radius 1 is 1.19 bits per heavy atom. The summed E-state index contributed by atoms with van der Waals surface area (Å²) in [5, 5.41) is 9.09. The van der Waals surface area contributed by atoms with Crippen molar-refractivity contribution in [2.75, 3.05) is 13.2 Å². The number of halogens is 1. The minimum atomic E-state index is -3.77. The maximum atomic E-state index is 13.0. The van der Waals surface area contributed by atoms with Gasteiger partial charge in [-0.2, -0.15) is 0 Å². The Morgan fingerprint density at radius 3 is 2.43 bits per heavy atom. The molecule has 0 aromatic heterocycles. The lowest BCUT2D eigenvalue weighted by Gasteiger charge is -2.38. The van der Waals surface area contributed by atoms with Gasteiger partial charge in [0.05, 0.1) is 29.5 Å². The summed E-state index contributed by atoms with van der Waals surface area (Å²) in [4.78, 5) is 0.00277. The van der Waals surface area contributed by atoms with Crippen molar-refractivity contribution in [1.82, 2.24) is 0 Å². The van der Waals surface area contributed by atoms with E-state index in [9.17, 15) is 17.9 Å². The molecule has 1 spiro atoms. The second-order valence-electron chi connectivity index (χ2n) is 5.46. The minimum absolute atomic E-state index is 0.00277. The molecule has 1 aromatic rings. The van der Waals surface area contributed by atoms with Gasteiger partial charge in [-0.3, -0.25) is 0 Å². The lowest BCUT2D eigenvalue weighted by molar-refractivity contribution is -0.186. The number of aliphatic hydroxyl groups excluding tert-OH is 1. The molecule has 5 nitrogen and oxygen atoms in total. The van der Waals surface area contributed by atoms with E-state index in [1.807, 2.05) is 0 Å². The van der Waals surface area contributed by atoms with Crippen LogP contribution in [0.25, 0.3) is 0 Å². The molecule has 1 heterocycles. The van der Waals surface area contributed by atoms with Gasteiger partial charge in [0.1, 0.15) is 5.82 Å². The van der Waals surface area contributed by atoms with Crippen LogP contribution in [-0.4, -0.2) is 43.9 Å². The molecule has 2 unspecified atom stereocenters. The molecule has 1 aromatic carbocycles. The first-order valence-corrected chi connectivity index (χ1v) is 8.43. The van der Waals surface area contributed by atoms with E-state index < -0.39 is 32.8 Å². The maximum absolute atomic E-state index is 13.0. The van der Waals surface area contributed by atoms with Crippen LogP contribution in [0, 0.1) is 5.82 Å². The summed E-state index contributed by atoms with van der Waals surface area (Å²) in [6, 6.07) is 4.63. The van der Waals surface area contributed by atoms with Crippen molar-refractivity contribution >= 4 is 9.84 Å². The molecule has 3 rings (SSSR count). The second kappa shape index (κ2) is 5.31. The topological polar surface area (TPSA) is 72.8 Å². The highest BCUT2D eigenvalue weighted by atomic mass is 32.2. The standard InChI is InChI=1S/C14H17FO5S/c15-10-1-3-11(4-2-10)21(17,18)13-9-14(6-5-12(13)16)19-7-8-20-14/h1-4,12-13,16H,5-9H2. The Bertz CT molecular complexity index is 607. The van der Waals surface area contributed by atoms with Crippen LogP contribution in [0.15, 0.2) is 29.2 Å².